The first-order valence-electron chi connectivity index (χ1n) is 6.75. The predicted octanol–water partition coefficient (Wildman–Crippen LogP) is 1.80. The van der Waals surface area contributed by atoms with Crippen molar-refractivity contribution in [3.05, 3.63) is 35.2 Å². The molecule has 106 valence electrons. The van der Waals surface area contributed by atoms with E-state index in [-0.39, 0.29) is 0 Å². The van der Waals surface area contributed by atoms with E-state index in [1.165, 1.54) is 17.0 Å². The second kappa shape index (κ2) is 5.54. The Hall–Kier alpha value is -1.40. The lowest BCUT2D eigenvalue weighted by molar-refractivity contribution is 0.237. The first-order chi connectivity index (χ1) is 9.67. The van der Waals surface area contributed by atoms with Crippen molar-refractivity contribution in [2.75, 3.05) is 12.8 Å². The van der Waals surface area contributed by atoms with Crippen molar-refractivity contribution in [1.29, 1.82) is 0 Å². The minimum absolute atomic E-state index is 0.874. The fraction of sp³-hybridized carbons (Fsp3) is 0.500. The van der Waals surface area contributed by atoms with Gasteiger partial charge in [0.2, 0.25) is 0 Å². The summed E-state index contributed by atoms with van der Waals surface area (Å²) in [6, 6.07) is 0. The zero-order valence-corrected chi connectivity index (χ0v) is 12.9. The Labute approximate surface area is 123 Å². The molecule has 0 amide bonds. The number of fused-ring (bicyclic) bond motifs is 1. The number of nitrogens with zero attached hydrogens (tertiary/aromatic N) is 5. The molecule has 2 aromatic heterocycles. The monoisotopic (exact) mass is 289 g/mol. The van der Waals surface area contributed by atoms with Gasteiger partial charge in [0, 0.05) is 51.1 Å². The topological polar surface area (TPSA) is 46.8 Å². The highest BCUT2D eigenvalue weighted by atomic mass is 32.2. The molecular weight excluding hydrogens is 270 g/mol. The summed E-state index contributed by atoms with van der Waals surface area (Å²) in [4.78, 5) is 15.8. The van der Waals surface area contributed by atoms with E-state index < -0.39 is 0 Å². The fourth-order valence-electron chi connectivity index (χ4n) is 2.51. The minimum atomic E-state index is 0.874. The van der Waals surface area contributed by atoms with Crippen molar-refractivity contribution >= 4 is 11.8 Å². The van der Waals surface area contributed by atoms with Gasteiger partial charge in [-0.25, -0.2) is 15.0 Å². The lowest BCUT2D eigenvalue weighted by Crippen LogP contribution is -2.31. The van der Waals surface area contributed by atoms with Gasteiger partial charge in [0.05, 0.1) is 11.4 Å². The number of hydrogen-bond acceptors (Lipinski definition) is 5. The van der Waals surface area contributed by atoms with E-state index in [4.69, 9.17) is 0 Å². The van der Waals surface area contributed by atoms with Gasteiger partial charge < -0.3 is 4.57 Å². The molecule has 20 heavy (non-hydrogen) atoms. The van der Waals surface area contributed by atoms with Gasteiger partial charge in [0.25, 0.3) is 0 Å². The maximum absolute atomic E-state index is 4.60. The molecule has 0 saturated heterocycles. The standard InChI is InChI=1S/C14H19N5S/c1-10-15-7-12(18(10)2)9-19-5-4-13-11(8-19)6-16-14(17-13)20-3/h6-7H,4-5,8-9H2,1-3H3. The largest absolute Gasteiger partial charge is 0.334 e. The highest BCUT2D eigenvalue weighted by Gasteiger charge is 2.19. The molecule has 0 unspecified atom stereocenters. The zero-order chi connectivity index (χ0) is 14.1. The molecule has 2 aromatic rings. The van der Waals surface area contributed by atoms with Gasteiger partial charge >= 0.3 is 0 Å². The number of rotatable bonds is 3. The van der Waals surface area contributed by atoms with Crippen LogP contribution in [-0.2, 0) is 26.6 Å². The van der Waals surface area contributed by atoms with E-state index in [1.807, 2.05) is 25.6 Å². The summed E-state index contributed by atoms with van der Waals surface area (Å²) >= 11 is 1.60. The molecule has 1 aliphatic heterocycles. The molecule has 3 rings (SSSR count). The molecule has 0 radical (unpaired) electrons. The van der Waals surface area contributed by atoms with Crippen molar-refractivity contribution in [1.82, 2.24) is 24.4 Å². The lowest BCUT2D eigenvalue weighted by Gasteiger charge is -2.27. The van der Waals surface area contributed by atoms with Crippen LogP contribution < -0.4 is 0 Å². The molecule has 0 bridgehead atoms. The molecule has 0 fully saturated rings. The van der Waals surface area contributed by atoms with E-state index in [9.17, 15) is 0 Å². The van der Waals surface area contributed by atoms with Gasteiger partial charge in [-0.15, -0.1) is 0 Å². The maximum atomic E-state index is 4.60. The Morgan fingerprint density at radius 2 is 2.15 bits per heavy atom. The molecule has 0 saturated carbocycles. The van der Waals surface area contributed by atoms with Crippen LogP contribution in [0.2, 0.25) is 0 Å². The third-order valence-electron chi connectivity index (χ3n) is 3.88. The van der Waals surface area contributed by atoms with Gasteiger partial charge in [-0.05, 0) is 13.2 Å². The number of hydrogen-bond donors (Lipinski definition) is 0. The highest BCUT2D eigenvalue weighted by Crippen LogP contribution is 2.20. The van der Waals surface area contributed by atoms with Gasteiger partial charge in [0.1, 0.15) is 5.82 Å². The number of imidazole rings is 1. The molecule has 1 aliphatic rings. The number of aryl methyl sites for hydroxylation is 1. The van der Waals surface area contributed by atoms with Crippen molar-refractivity contribution in [2.45, 2.75) is 31.6 Å². The Bertz CT molecular complexity index is 622. The number of thioether (sulfide) groups is 1. The van der Waals surface area contributed by atoms with Crippen LogP contribution in [-0.4, -0.2) is 37.2 Å². The second-order valence-corrected chi connectivity index (χ2v) is 5.92. The Kier molecular flexibility index (Phi) is 3.76. The molecule has 0 aliphatic carbocycles. The van der Waals surface area contributed by atoms with Crippen LogP contribution in [0, 0.1) is 6.92 Å². The maximum Gasteiger partial charge on any atom is 0.187 e. The van der Waals surface area contributed by atoms with Crippen molar-refractivity contribution < 1.29 is 0 Å². The van der Waals surface area contributed by atoms with Crippen LogP contribution in [0.1, 0.15) is 22.8 Å². The summed E-state index contributed by atoms with van der Waals surface area (Å²) in [6.45, 7) is 4.93. The Balaban J connectivity index is 1.74. The van der Waals surface area contributed by atoms with Gasteiger partial charge in [0.15, 0.2) is 5.16 Å². The molecular formula is C14H19N5S. The molecule has 0 aromatic carbocycles. The molecule has 5 nitrogen and oxygen atoms in total. The van der Waals surface area contributed by atoms with Gasteiger partial charge in [-0.1, -0.05) is 11.8 Å². The van der Waals surface area contributed by atoms with Crippen LogP contribution in [0.25, 0.3) is 0 Å². The first kappa shape index (κ1) is 13.6. The smallest absolute Gasteiger partial charge is 0.187 e. The molecule has 6 heteroatoms. The van der Waals surface area contributed by atoms with Crippen LogP contribution >= 0.6 is 11.8 Å². The Morgan fingerprint density at radius 1 is 1.30 bits per heavy atom. The van der Waals surface area contributed by atoms with E-state index in [0.717, 1.165) is 37.0 Å². The van der Waals surface area contributed by atoms with Crippen molar-refractivity contribution in [3.8, 4) is 0 Å². The molecule has 0 spiro atoms. The van der Waals surface area contributed by atoms with Gasteiger partial charge in [-0.3, -0.25) is 4.90 Å². The van der Waals surface area contributed by atoms with E-state index in [0.29, 0.717) is 0 Å². The summed E-state index contributed by atoms with van der Waals surface area (Å²) in [7, 11) is 2.07. The summed E-state index contributed by atoms with van der Waals surface area (Å²) in [5, 5.41) is 0.874. The summed E-state index contributed by atoms with van der Waals surface area (Å²) < 4.78 is 2.16. The Morgan fingerprint density at radius 3 is 2.85 bits per heavy atom. The normalized spacial score (nSPS) is 15.3. The third-order valence-corrected chi connectivity index (χ3v) is 4.44. The van der Waals surface area contributed by atoms with Crippen LogP contribution in [0.5, 0.6) is 0 Å². The van der Waals surface area contributed by atoms with Crippen LogP contribution in [0.3, 0.4) is 0 Å². The summed E-state index contributed by atoms with van der Waals surface area (Å²) in [6.07, 6.45) is 6.97. The quantitative estimate of drug-likeness (QED) is 0.637. The SMILES string of the molecule is CSc1ncc2c(n1)CCN(Cc1cnc(C)n1C)C2. The molecule has 0 atom stereocenters. The van der Waals surface area contributed by atoms with Crippen molar-refractivity contribution in [2.24, 2.45) is 7.05 Å². The van der Waals surface area contributed by atoms with E-state index >= 15 is 0 Å². The second-order valence-electron chi connectivity index (χ2n) is 5.15. The van der Waals surface area contributed by atoms with E-state index in [1.54, 1.807) is 11.8 Å². The lowest BCUT2D eigenvalue weighted by atomic mass is 10.1. The molecule has 3 heterocycles. The highest BCUT2D eigenvalue weighted by molar-refractivity contribution is 7.98. The zero-order valence-electron chi connectivity index (χ0n) is 12.1. The van der Waals surface area contributed by atoms with Crippen LogP contribution in [0.15, 0.2) is 17.6 Å². The third kappa shape index (κ3) is 2.58. The summed E-state index contributed by atoms with van der Waals surface area (Å²) in [5.41, 5.74) is 3.72. The molecule has 0 N–H and O–H groups in total. The summed E-state index contributed by atoms with van der Waals surface area (Å²) in [5.74, 6) is 1.06. The minimum Gasteiger partial charge on any atom is -0.334 e. The fourth-order valence-corrected chi connectivity index (χ4v) is 2.87. The van der Waals surface area contributed by atoms with Gasteiger partial charge in [-0.2, -0.15) is 0 Å². The average molecular weight is 289 g/mol. The first-order valence-corrected chi connectivity index (χ1v) is 7.98. The predicted molar refractivity (Wildman–Crippen MR) is 79.6 cm³/mol. The van der Waals surface area contributed by atoms with E-state index in [2.05, 4.69) is 31.5 Å². The average Bonchev–Trinajstić information content (AvgIpc) is 2.79. The van der Waals surface area contributed by atoms with Crippen molar-refractivity contribution in [3.63, 3.8) is 0 Å². The number of aromatic nitrogens is 4. The van der Waals surface area contributed by atoms with Crippen LogP contribution in [0.4, 0.5) is 0 Å².